The molecule has 0 atom stereocenters. The number of nitro groups is 1. The van der Waals surface area contributed by atoms with Crippen LogP contribution in [0.5, 0.6) is 0 Å². The molecule has 0 unspecified atom stereocenters. The zero-order chi connectivity index (χ0) is 15.8. The molecule has 0 heterocycles. The van der Waals surface area contributed by atoms with Gasteiger partial charge in [0, 0.05) is 37.9 Å². The first kappa shape index (κ1) is 16.9. The van der Waals surface area contributed by atoms with E-state index in [0.29, 0.717) is 31.7 Å². The number of anilines is 1. The molecular formula is C14H21N3O4. The molecule has 0 spiro atoms. The normalized spacial score (nSPS) is 10.2. The van der Waals surface area contributed by atoms with E-state index in [1.165, 1.54) is 6.07 Å². The van der Waals surface area contributed by atoms with Crippen LogP contribution in [0.2, 0.25) is 0 Å². The largest absolute Gasteiger partial charge is 0.396 e. The summed E-state index contributed by atoms with van der Waals surface area (Å²) in [5.41, 5.74) is 0.571. The molecule has 0 fully saturated rings. The number of rotatable bonds is 8. The minimum atomic E-state index is -0.501. The van der Waals surface area contributed by atoms with Crippen molar-refractivity contribution < 1.29 is 14.8 Å². The van der Waals surface area contributed by atoms with E-state index in [-0.39, 0.29) is 23.8 Å². The number of hydrogen-bond acceptors (Lipinski definition) is 5. The second-order valence-electron chi connectivity index (χ2n) is 4.48. The van der Waals surface area contributed by atoms with Gasteiger partial charge in [0.15, 0.2) is 0 Å². The Kier molecular flexibility index (Phi) is 6.61. The maximum Gasteiger partial charge on any atom is 0.293 e. The summed E-state index contributed by atoms with van der Waals surface area (Å²) >= 11 is 0. The van der Waals surface area contributed by atoms with Crippen LogP contribution in [0, 0.1) is 10.1 Å². The third kappa shape index (κ3) is 4.42. The molecule has 7 heteroatoms. The van der Waals surface area contributed by atoms with E-state index in [9.17, 15) is 14.9 Å². The molecule has 1 aromatic rings. The van der Waals surface area contributed by atoms with E-state index in [2.05, 4.69) is 5.32 Å². The van der Waals surface area contributed by atoms with Crippen molar-refractivity contribution in [1.82, 2.24) is 4.90 Å². The van der Waals surface area contributed by atoms with Crippen LogP contribution in [0.15, 0.2) is 18.2 Å². The van der Waals surface area contributed by atoms with Crippen LogP contribution < -0.4 is 5.32 Å². The third-order valence-corrected chi connectivity index (χ3v) is 3.06. The Morgan fingerprint density at radius 2 is 2.14 bits per heavy atom. The maximum absolute atomic E-state index is 12.3. The fraction of sp³-hybridized carbons (Fsp3) is 0.500. The van der Waals surface area contributed by atoms with Crippen LogP contribution in [-0.2, 0) is 0 Å². The highest BCUT2D eigenvalue weighted by Crippen LogP contribution is 2.26. The molecule has 1 aromatic carbocycles. The fourth-order valence-corrected chi connectivity index (χ4v) is 2.00. The second-order valence-corrected chi connectivity index (χ2v) is 4.48. The molecule has 0 saturated heterocycles. The SMILES string of the molecule is CCNc1ccc(C(=O)N(CC)CCCO)cc1[N+](=O)[O-]. The van der Waals surface area contributed by atoms with Crippen LogP contribution in [0.25, 0.3) is 0 Å². The van der Waals surface area contributed by atoms with Crippen molar-refractivity contribution in [3.8, 4) is 0 Å². The topological polar surface area (TPSA) is 95.7 Å². The predicted octanol–water partition coefficient (Wildman–Crippen LogP) is 1.87. The first-order chi connectivity index (χ1) is 10.0. The molecule has 1 amide bonds. The van der Waals surface area contributed by atoms with E-state index in [0.717, 1.165) is 0 Å². The first-order valence-corrected chi connectivity index (χ1v) is 6.97. The van der Waals surface area contributed by atoms with Crippen molar-refractivity contribution in [2.45, 2.75) is 20.3 Å². The molecule has 0 aromatic heterocycles. The van der Waals surface area contributed by atoms with Gasteiger partial charge >= 0.3 is 0 Å². The Labute approximate surface area is 123 Å². The standard InChI is InChI=1S/C14H21N3O4/c1-3-15-12-7-6-11(10-13(12)17(20)21)14(19)16(4-2)8-5-9-18/h6-7,10,15,18H,3-5,8-9H2,1-2H3. The number of hydrogen-bond donors (Lipinski definition) is 2. The number of nitro benzene ring substituents is 1. The molecule has 0 saturated carbocycles. The molecular weight excluding hydrogens is 274 g/mol. The first-order valence-electron chi connectivity index (χ1n) is 6.97. The maximum atomic E-state index is 12.3. The Bertz CT molecular complexity index is 505. The molecule has 7 nitrogen and oxygen atoms in total. The number of amides is 1. The minimum absolute atomic E-state index is 0.00326. The molecule has 2 N–H and O–H groups in total. The minimum Gasteiger partial charge on any atom is -0.396 e. The molecule has 116 valence electrons. The lowest BCUT2D eigenvalue weighted by Gasteiger charge is -2.20. The van der Waals surface area contributed by atoms with Crippen LogP contribution in [0.3, 0.4) is 0 Å². The highest BCUT2D eigenvalue weighted by atomic mass is 16.6. The molecule has 1 rings (SSSR count). The van der Waals surface area contributed by atoms with Crippen molar-refractivity contribution in [3.05, 3.63) is 33.9 Å². The number of carbonyl (C=O) groups is 1. The van der Waals surface area contributed by atoms with Crippen LogP contribution in [0.4, 0.5) is 11.4 Å². The third-order valence-electron chi connectivity index (χ3n) is 3.06. The Morgan fingerprint density at radius 3 is 2.67 bits per heavy atom. The predicted molar refractivity (Wildman–Crippen MR) is 80.5 cm³/mol. The lowest BCUT2D eigenvalue weighted by Crippen LogP contribution is -2.32. The van der Waals surface area contributed by atoms with Gasteiger partial charge in [0.1, 0.15) is 5.69 Å². The Hall–Kier alpha value is -2.15. The zero-order valence-electron chi connectivity index (χ0n) is 12.3. The zero-order valence-corrected chi connectivity index (χ0v) is 12.3. The molecule has 0 aliphatic rings. The van der Waals surface area contributed by atoms with E-state index in [1.807, 2.05) is 13.8 Å². The number of benzene rings is 1. The van der Waals surface area contributed by atoms with Crippen LogP contribution in [0.1, 0.15) is 30.6 Å². The summed E-state index contributed by atoms with van der Waals surface area (Å²) in [5, 5.41) is 22.8. The van der Waals surface area contributed by atoms with Gasteiger partial charge in [-0.05, 0) is 32.4 Å². The molecule has 21 heavy (non-hydrogen) atoms. The van der Waals surface area contributed by atoms with E-state index in [4.69, 9.17) is 5.11 Å². The van der Waals surface area contributed by atoms with Crippen LogP contribution in [-0.4, -0.2) is 47.1 Å². The van der Waals surface area contributed by atoms with Gasteiger partial charge < -0.3 is 15.3 Å². The average molecular weight is 295 g/mol. The van der Waals surface area contributed by atoms with Crippen molar-refractivity contribution in [2.24, 2.45) is 0 Å². The van der Waals surface area contributed by atoms with Gasteiger partial charge in [0.2, 0.25) is 0 Å². The number of nitrogens with zero attached hydrogens (tertiary/aromatic N) is 2. The average Bonchev–Trinajstić information content (AvgIpc) is 2.48. The molecule has 0 aliphatic heterocycles. The monoisotopic (exact) mass is 295 g/mol. The highest BCUT2D eigenvalue weighted by molar-refractivity contribution is 5.95. The second kappa shape index (κ2) is 8.21. The number of nitrogens with one attached hydrogen (secondary N) is 1. The molecule has 0 bridgehead atoms. The smallest absolute Gasteiger partial charge is 0.293 e. The van der Waals surface area contributed by atoms with E-state index >= 15 is 0 Å². The lowest BCUT2D eigenvalue weighted by atomic mass is 10.1. The summed E-state index contributed by atoms with van der Waals surface area (Å²) in [5.74, 6) is -0.267. The molecule has 0 radical (unpaired) electrons. The van der Waals surface area contributed by atoms with Gasteiger partial charge in [-0.1, -0.05) is 0 Å². The van der Waals surface area contributed by atoms with Gasteiger partial charge in [0.05, 0.1) is 4.92 Å². The Morgan fingerprint density at radius 1 is 1.43 bits per heavy atom. The fourth-order valence-electron chi connectivity index (χ4n) is 2.00. The van der Waals surface area contributed by atoms with E-state index < -0.39 is 4.92 Å². The summed E-state index contributed by atoms with van der Waals surface area (Å²) < 4.78 is 0. The lowest BCUT2D eigenvalue weighted by molar-refractivity contribution is -0.384. The highest BCUT2D eigenvalue weighted by Gasteiger charge is 2.20. The van der Waals surface area contributed by atoms with Gasteiger partial charge in [-0.2, -0.15) is 0 Å². The van der Waals surface area contributed by atoms with Crippen molar-refractivity contribution in [2.75, 3.05) is 31.6 Å². The number of aliphatic hydroxyl groups is 1. The van der Waals surface area contributed by atoms with Gasteiger partial charge in [-0.25, -0.2) is 0 Å². The van der Waals surface area contributed by atoms with Gasteiger partial charge in [-0.15, -0.1) is 0 Å². The number of carbonyl (C=O) groups excluding carboxylic acids is 1. The van der Waals surface area contributed by atoms with Crippen molar-refractivity contribution in [3.63, 3.8) is 0 Å². The summed E-state index contributed by atoms with van der Waals surface area (Å²) in [7, 11) is 0. The quantitative estimate of drug-likeness (QED) is 0.564. The summed E-state index contributed by atoms with van der Waals surface area (Å²) in [6, 6.07) is 4.42. The summed E-state index contributed by atoms with van der Waals surface area (Å²) in [6.45, 7) is 5.15. The van der Waals surface area contributed by atoms with Crippen LogP contribution >= 0.6 is 0 Å². The summed E-state index contributed by atoms with van der Waals surface area (Å²) in [6.07, 6.45) is 0.483. The van der Waals surface area contributed by atoms with Crippen molar-refractivity contribution >= 4 is 17.3 Å². The molecule has 0 aliphatic carbocycles. The van der Waals surface area contributed by atoms with Crippen molar-refractivity contribution in [1.29, 1.82) is 0 Å². The van der Waals surface area contributed by atoms with E-state index in [1.54, 1.807) is 17.0 Å². The Balaban J connectivity index is 3.04. The van der Waals surface area contributed by atoms with Gasteiger partial charge in [-0.3, -0.25) is 14.9 Å². The van der Waals surface area contributed by atoms with Gasteiger partial charge in [0.25, 0.3) is 11.6 Å². The number of aliphatic hydroxyl groups excluding tert-OH is 1. The summed E-state index contributed by atoms with van der Waals surface area (Å²) in [4.78, 5) is 24.5.